The highest BCUT2D eigenvalue weighted by atomic mass is 32.2. The maximum absolute atomic E-state index is 11.4. The predicted octanol–water partition coefficient (Wildman–Crippen LogP) is 1.16. The summed E-state index contributed by atoms with van der Waals surface area (Å²) in [4.78, 5) is 11.4. The van der Waals surface area contributed by atoms with E-state index in [1.54, 1.807) is 0 Å². The Bertz CT molecular complexity index is 187. The molecule has 0 aromatic carbocycles. The lowest BCUT2D eigenvalue weighted by Gasteiger charge is -2.18. The first-order valence-electron chi connectivity index (χ1n) is 5.21. The Kier molecular flexibility index (Phi) is 5.33. The average molecular weight is 217 g/mol. The molecule has 0 aliphatic heterocycles. The van der Waals surface area contributed by atoms with E-state index in [1.807, 2.05) is 11.8 Å². The van der Waals surface area contributed by atoms with Gasteiger partial charge in [0.05, 0.1) is 0 Å². The number of aliphatic hydroxyl groups is 1. The summed E-state index contributed by atoms with van der Waals surface area (Å²) in [6, 6.07) is 0.358. The van der Waals surface area contributed by atoms with Crippen molar-refractivity contribution in [3.63, 3.8) is 0 Å². The maximum Gasteiger partial charge on any atom is 0.220 e. The molecule has 1 fully saturated rings. The zero-order valence-corrected chi connectivity index (χ0v) is 9.48. The summed E-state index contributed by atoms with van der Waals surface area (Å²) >= 11 is 1.84. The number of carbonyl (C=O) groups is 1. The van der Waals surface area contributed by atoms with Gasteiger partial charge in [-0.1, -0.05) is 6.42 Å². The lowest BCUT2D eigenvalue weighted by atomic mass is 10.2. The van der Waals surface area contributed by atoms with Gasteiger partial charge in [-0.25, -0.2) is 0 Å². The van der Waals surface area contributed by atoms with Gasteiger partial charge in [0.2, 0.25) is 5.91 Å². The second kappa shape index (κ2) is 6.30. The van der Waals surface area contributed by atoms with Gasteiger partial charge >= 0.3 is 0 Å². The van der Waals surface area contributed by atoms with Crippen molar-refractivity contribution in [2.45, 2.75) is 43.4 Å². The minimum atomic E-state index is 0.0880. The fourth-order valence-corrected chi connectivity index (χ4v) is 2.83. The van der Waals surface area contributed by atoms with Crippen LogP contribution in [-0.4, -0.2) is 35.2 Å². The summed E-state index contributed by atoms with van der Waals surface area (Å²) in [5.41, 5.74) is 0. The van der Waals surface area contributed by atoms with Crippen LogP contribution >= 0.6 is 11.8 Å². The normalized spacial score (nSPS) is 26.4. The molecule has 1 aliphatic rings. The molecule has 0 spiro atoms. The van der Waals surface area contributed by atoms with Crippen molar-refractivity contribution in [2.24, 2.45) is 0 Å². The van der Waals surface area contributed by atoms with E-state index in [2.05, 4.69) is 11.6 Å². The van der Waals surface area contributed by atoms with Crippen molar-refractivity contribution < 1.29 is 9.90 Å². The molecule has 0 radical (unpaired) electrons. The molecule has 3 nitrogen and oxygen atoms in total. The lowest BCUT2D eigenvalue weighted by Crippen LogP contribution is -2.38. The van der Waals surface area contributed by atoms with E-state index in [0.29, 0.717) is 24.1 Å². The summed E-state index contributed by atoms with van der Waals surface area (Å²) in [5, 5.41) is 12.2. The van der Waals surface area contributed by atoms with Gasteiger partial charge in [0.1, 0.15) is 0 Å². The van der Waals surface area contributed by atoms with Crippen molar-refractivity contribution in [1.29, 1.82) is 0 Å². The molecule has 0 heterocycles. The molecule has 1 amide bonds. The lowest BCUT2D eigenvalue weighted by molar-refractivity contribution is -0.122. The Hall–Kier alpha value is -0.220. The minimum Gasteiger partial charge on any atom is -0.396 e. The fourth-order valence-electron chi connectivity index (χ4n) is 1.89. The van der Waals surface area contributed by atoms with E-state index >= 15 is 0 Å². The van der Waals surface area contributed by atoms with Gasteiger partial charge in [0.25, 0.3) is 0 Å². The molecule has 2 unspecified atom stereocenters. The van der Waals surface area contributed by atoms with E-state index in [0.717, 1.165) is 6.42 Å². The van der Waals surface area contributed by atoms with Crippen LogP contribution in [0, 0.1) is 0 Å². The quantitative estimate of drug-likeness (QED) is 0.726. The van der Waals surface area contributed by atoms with Crippen LogP contribution in [0.25, 0.3) is 0 Å². The SMILES string of the molecule is CSC1CCCC1NC(=O)CCCO. The first kappa shape index (κ1) is 11.9. The molecule has 0 aromatic rings. The maximum atomic E-state index is 11.4. The van der Waals surface area contributed by atoms with Crippen molar-refractivity contribution in [3.8, 4) is 0 Å². The minimum absolute atomic E-state index is 0.0880. The van der Waals surface area contributed by atoms with E-state index < -0.39 is 0 Å². The van der Waals surface area contributed by atoms with Gasteiger partial charge in [-0.05, 0) is 25.5 Å². The highest BCUT2D eigenvalue weighted by Gasteiger charge is 2.27. The number of nitrogens with one attached hydrogen (secondary N) is 1. The Morgan fingerprint density at radius 2 is 2.36 bits per heavy atom. The molecule has 0 bridgehead atoms. The number of hydrogen-bond donors (Lipinski definition) is 2. The standard InChI is InChI=1S/C10H19NO2S/c1-14-9-5-2-4-8(9)11-10(13)6-3-7-12/h8-9,12H,2-7H2,1H3,(H,11,13). The largest absolute Gasteiger partial charge is 0.396 e. The molecule has 0 aromatic heterocycles. The number of thioether (sulfide) groups is 1. The average Bonchev–Trinajstić information content (AvgIpc) is 2.62. The van der Waals surface area contributed by atoms with Gasteiger partial charge in [-0.15, -0.1) is 0 Å². The second-order valence-corrected chi connectivity index (χ2v) is 4.78. The molecular weight excluding hydrogens is 198 g/mol. The summed E-state index contributed by atoms with van der Waals surface area (Å²) in [5.74, 6) is 0.0880. The van der Waals surface area contributed by atoms with Crippen LogP contribution in [0.15, 0.2) is 0 Å². The zero-order chi connectivity index (χ0) is 10.4. The highest BCUT2D eigenvalue weighted by molar-refractivity contribution is 7.99. The summed E-state index contributed by atoms with van der Waals surface area (Å²) in [7, 11) is 0. The Balaban J connectivity index is 2.25. The second-order valence-electron chi connectivity index (χ2n) is 3.71. The van der Waals surface area contributed by atoms with E-state index in [-0.39, 0.29) is 12.5 Å². The number of rotatable bonds is 5. The van der Waals surface area contributed by atoms with E-state index in [1.165, 1.54) is 12.8 Å². The molecule has 1 aliphatic carbocycles. The van der Waals surface area contributed by atoms with Gasteiger partial charge < -0.3 is 10.4 Å². The third-order valence-electron chi connectivity index (χ3n) is 2.66. The fraction of sp³-hybridized carbons (Fsp3) is 0.900. The molecule has 1 rings (SSSR count). The molecule has 14 heavy (non-hydrogen) atoms. The number of hydrogen-bond acceptors (Lipinski definition) is 3. The summed E-state index contributed by atoms with van der Waals surface area (Å²) in [6.07, 6.45) is 6.67. The third-order valence-corrected chi connectivity index (χ3v) is 3.83. The van der Waals surface area contributed by atoms with Crippen LogP contribution in [0.1, 0.15) is 32.1 Å². The molecule has 1 saturated carbocycles. The van der Waals surface area contributed by atoms with Crippen molar-refractivity contribution in [1.82, 2.24) is 5.32 Å². The smallest absolute Gasteiger partial charge is 0.220 e. The van der Waals surface area contributed by atoms with Crippen molar-refractivity contribution in [3.05, 3.63) is 0 Å². The topological polar surface area (TPSA) is 49.3 Å². The van der Waals surface area contributed by atoms with Crippen LogP contribution in [0.5, 0.6) is 0 Å². The van der Waals surface area contributed by atoms with E-state index in [4.69, 9.17) is 5.11 Å². The highest BCUT2D eigenvalue weighted by Crippen LogP contribution is 2.28. The Morgan fingerprint density at radius 1 is 1.57 bits per heavy atom. The molecule has 2 atom stereocenters. The van der Waals surface area contributed by atoms with Crippen LogP contribution in [-0.2, 0) is 4.79 Å². The van der Waals surface area contributed by atoms with Crippen molar-refractivity contribution in [2.75, 3.05) is 12.9 Å². The van der Waals surface area contributed by atoms with Crippen LogP contribution in [0.3, 0.4) is 0 Å². The third kappa shape index (κ3) is 3.50. The molecule has 0 saturated heterocycles. The Labute approximate surface area is 89.6 Å². The van der Waals surface area contributed by atoms with E-state index in [9.17, 15) is 4.79 Å². The number of aliphatic hydroxyl groups excluding tert-OH is 1. The first-order valence-corrected chi connectivity index (χ1v) is 6.49. The number of amides is 1. The van der Waals surface area contributed by atoms with Crippen LogP contribution in [0.4, 0.5) is 0 Å². The van der Waals surface area contributed by atoms with Crippen LogP contribution < -0.4 is 5.32 Å². The summed E-state index contributed by atoms with van der Waals surface area (Å²) < 4.78 is 0. The number of carbonyl (C=O) groups excluding carboxylic acids is 1. The molecule has 82 valence electrons. The van der Waals surface area contributed by atoms with Crippen molar-refractivity contribution >= 4 is 17.7 Å². The van der Waals surface area contributed by atoms with Gasteiger partial charge in [-0.2, -0.15) is 11.8 Å². The first-order chi connectivity index (χ1) is 6.77. The van der Waals surface area contributed by atoms with Gasteiger partial charge in [0.15, 0.2) is 0 Å². The monoisotopic (exact) mass is 217 g/mol. The molecular formula is C10H19NO2S. The molecule has 2 N–H and O–H groups in total. The summed E-state index contributed by atoms with van der Waals surface area (Å²) in [6.45, 7) is 0.101. The van der Waals surface area contributed by atoms with Crippen LogP contribution in [0.2, 0.25) is 0 Å². The predicted molar refractivity (Wildman–Crippen MR) is 59.4 cm³/mol. The van der Waals surface area contributed by atoms with Gasteiger partial charge in [-0.3, -0.25) is 4.79 Å². The molecule has 4 heteroatoms. The van der Waals surface area contributed by atoms with Gasteiger partial charge in [0, 0.05) is 24.3 Å². The zero-order valence-electron chi connectivity index (χ0n) is 8.66. The Morgan fingerprint density at radius 3 is 3.00 bits per heavy atom.